The molecule has 7 nitrogen and oxygen atoms in total. The number of carbonyl (C=O) groups is 1. The molecular weight excluding hydrogens is 490 g/mol. The fourth-order valence-electron chi connectivity index (χ4n) is 4.30. The number of benzene rings is 2. The van der Waals surface area contributed by atoms with Gasteiger partial charge in [0, 0.05) is 13.0 Å². The lowest BCUT2D eigenvalue weighted by Gasteiger charge is -2.27. The van der Waals surface area contributed by atoms with Gasteiger partial charge in [0.2, 0.25) is 0 Å². The molecular formula is C29H37NO6S. The van der Waals surface area contributed by atoms with Gasteiger partial charge in [-0.2, -0.15) is 0 Å². The zero-order chi connectivity index (χ0) is 26.7. The molecule has 1 unspecified atom stereocenters. The van der Waals surface area contributed by atoms with E-state index >= 15 is 0 Å². The summed E-state index contributed by atoms with van der Waals surface area (Å²) in [5.41, 5.74) is 0.695. The molecule has 0 amide bonds. The van der Waals surface area contributed by atoms with E-state index in [0.717, 1.165) is 19.6 Å². The molecule has 200 valence electrons. The smallest absolute Gasteiger partial charge is 0.327 e. The first kappa shape index (κ1) is 28.5. The molecule has 1 saturated heterocycles. The van der Waals surface area contributed by atoms with Crippen molar-refractivity contribution in [2.24, 2.45) is 0 Å². The number of likely N-dealkylation sites (tertiary alicyclic amines) is 1. The van der Waals surface area contributed by atoms with Crippen LogP contribution in [-0.4, -0.2) is 63.5 Å². The second-order valence-corrected chi connectivity index (χ2v) is 11.6. The van der Waals surface area contributed by atoms with Crippen molar-refractivity contribution < 1.29 is 27.4 Å². The van der Waals surface area contributed by atoms with Gasteiger partial charge in [0.05, 0.1) is 11.5 Å². The van der Waals surface area contributed by atoms with Crippen LogP contribution in [0.1, 0.15) is 45.6 Å². The maximum absolute atomic E-state index is 13.7. The van der Waals surface area contributed by atoms with Gasteiger partial charge in [0.15, 0.2) is 14.6 Å². The molecule has 8 heteroatoms. The van der Waals surface area contributed by atoms with Crippen LogP contribution in [0.3, 0.4) is 0 Å². The Balaban J connectivity index is 1.73. The van der Waals surface area contributed by atoms with Crippen LogP contribution in [0, 0.1) is 11.8 Å². The number of rotatable bonds is 12. The number of hydrogen-bond acceptors (Lipinski definition) is 7. The summed E-state index contributed by atoms with van der Waals surface area (Å²) in [6.45, 7) is 8.80. The zero-order valence-corrected chi connectivity index (χ0v) is 22.8. The highest BCUT2D eigenvalue weighted by Crippen LogP contribution is 2.32. The Kier molecular flexibility index (Phi) is 10.4. The third-order valence-corrected chi connectivity index (χ3v) is 8.90. The molecule has 2 aromatic rings. The molecule has 1 atom stereocenters. The van der Waals surface area contributed by atoms with E-state index in [1.165, 1.54) is 38.3 Å². The van der Waals surface area contributed by atoms with Crippen molar-refractivity contribution >= 4 is 15.8 Å². The SMILES string of the molecule is CC#CCOc1ccc(S(=O)(=O)C(C)(Cc2ccc(OCCN3CCCCC3)cc2)C(=O)OCC)cc1. The number of hydrogen-bond donors (Lipinski definition) is 0. The average Bonchev–Trinajstić information content (AvgIpc) is 2.91. The summed E-state index contributed by atoms with van der Waals surface area (Å²) in [5, 5.41) is 0. The minimum atomic E-state index is -4.09. The first-order valence-electron chi connectivity index (χ1n) is 12.8. The first-order valence-corrected chi connectivity index (χ1v) is 14.3. The summed E-state index contributed by atoms with van der Waals surface area (Å²) < 4.78 is 42.2. The standard InChI is InChI=1S/C29H37NO6S/c1-4-6-21-35-26-14-16-27(17-15-26)37(32,33)29(3,28(31)34-5-2)23-24-10-12-25(13-11-24)36-22-20-30-18-8-7-9-19-30/h10-17H,5,7-9,18-23H2,1-3H3. The minimum absolute atomic E-state index is 0.0228. The van der Waals surface area contributed by atoms with Crippen LogP contribution in [0.2, 0.25) is 0 Å². The van der Waals surface area contributed by atoms with E-state index in [4.69, 9.17) is 14.2 Å². The summed E-state index contributed by atoms with van der Waals surface area (Å²) in [6, 6.07) is 13.2. The molecule has 1 fully saturated rings. The Morgan fingerprint density at radius 1 is 0.973 bits per heavy atom. The molecule has 1 heterocycles. The highest BCUT2D eigenvalue weighted by atomic mass is 32.2. The second kappa shape index (κ2) is 13.5. The average molecular weight is 528 g/mol. The summed E-state index contributed by atoms with van der Waals surface area (Å²) in [5.74, 6) is 5.95. The van der Waals surface area contributed by atoms with Crippen LogP contribution in [0.15, 0.2) is 53.4 Å². The van der Waals surface area contributed by atoms with Gasteiger partial charge in [-0.1, -0.05) is 24.5 Å². The summed E-state index contributed by atoms with van der Waals surface area (Å²) >= 11 is 0. The third kappa shape index (κ3) is 7.50. The van der Waals surface area contributed by atoms with E-state index in [-0.39, 0.29) is 24.5 Å². The molecule has 1 aliphatic rings. The van der Waals surface area contributed by atoms with E-state index in [0.29, 0.717) is 23.7 Å². The van der Waals surface area contributed by atoms with Gasteiger partial charge < -0.3 is 14.2 Å². The second-order valence-electron chi connectivity index (χ2n) is 9.21. The van der Waals surface area contributed by atoms with E-state index in [9.17, 15) is 13.2 Å². The number of piperidine rings is 1. The van der Waals surface area contributed by atoms with Crippen LogP contribution in [0.5, 0.6) is 11.5 Å². The van der Waals surface area contributed by atoms with Crippen LogP contribution in [0.25, 0.3) is 0 Å². The van der Waals surface area contributed by atoms with Gasteiger partial charge in [0.1, 0.15) is 24.7 Å². The molecule has 3 rings (SSSR count). The summed E-state index contributed by atoms with van der Waals surface area (Å²) in [7, 11) is -4.09. The Bertz CT molecular complexity index is 1180. The number of ether oxygens (including phenoxy) is 3. The van der Waals surface area contributed by atoms with Crippen molar-refractivity contribution in [2.75, 3.05) is 39.5 Å². The van der Waals surface area contributed by atoms with Gasteiger partial charge in [-0.15, -0.1) is 5.92 Å². The Hall–Kier alpha value is -3.02. The van der Waals surface area contributed by atoms with Crippen LogP contribution >= 0.6 is 0 Å². The van der Waals surface area contributed by atoms with Crippen molar-refractivity contribution in [1.82, 2.24) is 4.90 Å². The van der Waals surface area contributed by atoms with Crippen molar-refractivity contribution in [2.45, 2.75) is 56.1 Å². The third-order valence-electron chi connectivity index (χ3n) is 6.51. The number of nitrogens with zero attached hydrogens (tertiary/aromatic N) is 1. The molecule has 0 bridgehead atoms. The van der Waals surface area contributed by atoms with Gasteiger partial charge in [-0.3, -0.25) is 9.69 Å². The Morgan fingerprint density at radius 2 is 1.59 bits per heavy atom. The maximum atomic E-state index is 13.7. The van der Waals surface area contributed by atoms with E-state index in [2.05, 4.69) is 16.7 Å². The van der Waals surface area contributed by atoms with Gasteiger partial charge in [-0.25, -0.2) is 8.42 Å². The normalized spacial score (nSPS) is 15.6. The Labute approximate surface area is 221 Å². The molecule has 0 aliphatic carbocycles. The van der Waals surface area contributed by atoms with E-state index in [1.54, 1.807) is 38.1 Å². The molecule has 0 spiro atoms. The predicted molar refractivity (Wildman–Crippen MR) is 144 cm³/mol. The number of carbonyl (C=O) groups excluding carboxylic acids is 1. The fourth-order valence-corrected chi connectivity index (χ4v) is 5.95. The number of sulfone groups is 1. The van der Waals surface area contributed by atoms with Crippen molar-refractivity contribution in [3.05, 3.63) is 54.1 Å². The van der Waals surface area contributed by atoms with Gasteiger partial charge in [0.25, 0.3) is 0 Å². The van der Waals surface area contributed by atoms with Crippen LogP contribution in [0.4, 0.5) is 0 Å². The molecule has 0 saturated carbocycles. The zero-order valence-electron chi connectivity index (χ0n) is 22.0. The molecule has 37 heavy (non-hydrogen) atoms. The lowest BCUT2D eigenvalue weighted by molar-refractivity contribution is -0.145. The van der Waals surface area contributed by atoms with Crippen molar-refractivity contribution in [3.8, 4) is 23.3 Å². The lowest BCUT2D eigenvalue weighted by Crippen LogP contribution is -2.46. The van der Waals surface area contributed by atoms with Gasteiger partial charge >= 0.3 is 5.97 Å². The molecule has 0 radical (unpaired) electrons. The van der Waals surface area contributed by atoms with Crippen LogP contribution in [-0.2, 0) is 25.8 Å². The lowest BCUT2D eigenvalue weighted by atomic mass is 10.00. The van der Waals surface area contributed by atoms with Crippen LogP contribution < -0.4 is 9.47 Å². The predicted octanol–water partition coefficient (Wildman–Crippen LogP) is 4.29. The molecule has 1 aliphatic heterocycles. The highest BCUT2D eigenvalue weighted by Gasteiger charge is 2.48. The van der Waals surface area contributed by atoms with Crippen molar-refractivity contribution in [1.29, 1.82) is 0 Å². The summed E-state index contributed by atoms with van der Waals surface area (Å²) in [6.07, 6.45) is 3.74. The quantitative estimate of drug-likeness (QED) is 0.301. The van der Waals surface area contributed by atoms with Crippen molar-refractivity contribution in [3.63, 3.8) is 0 Å². The minimum Gasteiger partial charge on any atom is -0.492 e. The molecule has 0 N–H and O–H groups in total. The maximum Gasteiger partial charge on any atom is 0.327 e. The van der Waals surface area contributed by atoms with E-state index < -0.39 is 20.6 Å². The monoisotopic (exact) mass is 527 g/mol. The largest absolute Gasteiger partial charge is 0.492 e. The van der Waals surface area contributed by atoms with Gasteiger partial charge in [-0.05, 0) is 88.7 Å². The number of esters is 1. The summed E-state index contributed by atoms with van der Waals surface area (Å²) in [4.78, 5) is 15.4. The highest BCUT2D eigenvalue weighted by molar-refractivity contribution is 7.93. The molecule has 2 aromatic carbocycles. The van der Waals surface area contributed by atoms with E-state index in [1.807, 2.05) is 12.1 Å². The Morgan fingerprint density at radius 3 is 2.22 bits per heavy atom. The molecule has 0 aromatic heterocycles. The first-order chi connectivity index (χ1) is 17.8. The topological polar surface area (TPSA) is 82.1 Å². The fraction of sp³-hybridized carbons (Fsp3) is 0.483.